The van der Waals surface area contributed by atoms with Crippen LogP contribution in [-0.2, 0) is 14.3 Å². The monoisotopic (exact) mass is 464 g/mol. The van der Waals surface area contributed by atoms with Crippen molar-refractivity contribution in [3.8, 4) is 11.1 Å². The summed E-state index contributed by atoms with van der Waals surface area (Å²) in [6.07, 6.45) is 1.27. The summed E-state index contributed by atoms with van der Waals surface area (Å²) in [5.74, 6) is -0.986. The van der Waals surface area contributed by atoms with Crippen molar-refractivity contribution in [1.29, 1.82) is 0 Å². The van der Waals surface area contributed by atoms with Gasteiger partial charge in [0.25, 0.3) is 0 Å². The van der Waals surface area contributed by atoms with E-state index in [1.165, 1.54) is 4.90 Å². The second-order valence-corrected chi connectivity index (χ2v) is 9.35. The number of hydrogen-bond acceptors (Lipinski definition) is 4. The Morgan fingerprint density at radius 2 is 1.71 bits per heavy atom. The van der Waals surface area contributed by atoms with Crippen LogP contribution in [0.2, 0.25) is 0 Å². The van der Waals surface area contributed by atoms with Gasteiger partial charge in [0, 0.05) is 24.9 Å². The summed E-state index contributed by atoms with van der Waals surface area (Å²) in [6.45, 7) is 4.52. The molecule has 2 aliphatic rings. The first-order valence-corrected chi connectivity index (χ1v) is 12.0. The maximum Gasteiger partial charge on any atom is 0.407 e. The van der Waals surface area contributed by atoms with Crippen molar-refractivity contribution in [1.82, 2.24) is 10.2 Å². The number of nitrogens with one attached hydrogen (secondary N) is 1. The number of ether oxygens (including phenoxy) is 1. The molecule has 0 saturated carbocycles. The Hall–Kier alpha value is -3.35. The Balaban J connectivity index is 1.35. The van der Waals surface area contributed by atoms with Gasteiger partial charge in [-0.2, -0.15) is 0 Å². The number of hydrogen-bond donors (Lipinski definition) is 2. The summed E-state index contributed by atoms with van der Waals surface area (Å²) in [5, 5.41) is 12.3. The molecule has 1 saturated heterocycles. The molecule has 1 aliphatic carbocycles. The molecule has 7 heteroatoms. The van der Waals surface area contributed by atoms with Crippen molar-refractivity contribution in [3.05, 3.63) is 59.7 Å². The lowest BCUT2D eigenvalue weighted by molar-refractivity contribution is -0.153. The molecule has 3 atom stereocenters. The quantitative estimate of drug-likeness (QED) is 0.633. The lowest BCUT2D eigenvalue weighted by Crippen LogP contribution is -2.51. The van der Waals surface area contributed by atoms with Gasteiger partial charge in [0.15, 0.2) is 0 Å². The number of nitrogens with zero attached hydrogens (tertiary/aromatic N) is 1. The number of benzene rings is 2. The predicted octanol–water partition coefficient (Wildman–Crippen LogP) is 4.41. The molecule has 2 amide bonds. The minimum absolute atomic E-state index is 0.0356. The van der Waals surface area contributed by atoms with Gasteiger partial charge in [0.1, 0.15) is 12.6 Å². The summed E-state index contributed by atoms with van der Waals surface area (Å²) in [5.41, 5.74) is 4.59. The first-order valence-electron chi connectivity index (χ1n) is 12.0. The number of carbonyl (C=O) groups is 3. The molecule has 0 spiro atoms. The number of carboxylic acids is 1. The van der Waals surface area contributed by atoms with Gasteiger partial charge in [0.05, 0.1) is 0 Å². The average molecular weight is 465 g/mol. The molecule has 7 nitrogen and oxygen atoms in total. The zero-order valence-electron chi connectivity index (χ0n) is 19.7. The zero-order valence-corrected chi connectivity index (χ0v) is 19.7. The van der Waals surface area contributed by atoms with Crippen LogP contribution in [0.25, 0.3) is 11.1 Å². The standard InChI is InChI=1S/C27H32N2O5/c1-3-18(15-25(30)29-13-12-17(2)14-24(29)26(31)32)28-27(33)34-16-23-21-10-6-4-8-19(21)20-9-5-7-11-22(20)23/h4-11,17-18,23-24H,3,12-16H2,1-2H3,(H,28,33)(H,31,32)/t17?,18-,24?/m1/s1. The Morgan fingerprint density at radius 1 is 1.09 bits per heavy atom. The second-order valence-electron chi connectivity index (χ2n) is 9.35. The number of piperidine rings is 1. The Bertz CT molecular complexity index is 1020. The van der Waals surface area contributed by atoms with Crippen LogP contribution in [0.3, 0.4) is 0 Å². The van der Waals surface area contributed by atoms with Crippen LogP contribution < -0.4 is 5.32 Å². The maximum atomic E-state index is 12.9. The highest BCUT2D eigenvalue weighted by atomic mass is 16.5. The number of rotatable bonds is 7. The molecule has 1 heterocycles. The van der Waals surface area contributed by atoms with E-state index < -0.39 is 24.1 Å². The van der Waals surface area contributed by atoms with E-state index in [1.807, 2.05) is 38.1 Å². The van der Waals surface area contributed by atoms with Crippen LogP contribution in [0.5, 0.6) is 0 Å². The van der Waals surface area contributed by atoms with Crippen molar-refractivity contribution in [2.24, 2.45) is 5.92 Å². The van der Waals surface area contributed by atoms with E-state index in [9.17, 15) is 19.5 Å². The van der Waals surface area contributed by atoms with E-state index in [1.54, 1.807) is 0 Å². The normalized spacial score (nSPS) is 20.2. The van der Waals surface area contributed by atoms with Gasteiger partial charge in [-0.25, -0.2) is 9.59 Å². The summed E-state index contributed by atoms with van der Waals surface area (Å²) < 4.78 is 5.60. The van der Waals surface area contributed by atoms with E-state index in [4.69, 9.17) is 4.74 Å². The van der Waals surface area contributed by atoms with E-state index in [-0.39, 0.29) is 30.8 Å². The molecular formula is C27H32N2O5. The molecular weight excluding hydrogens is 432 g/mol. The van der Waals surface area contributed by atoms with Crippen LogP contribution in [-0.4, -0.2) is 53.2 Å². The first-order chi connectivity index (χ1) is 16.4. The molecule has 4 rings (SSSR count). The molecule has 0 bridgehead atoms. The van der Waals surface area contributed by atoms with Crippen molar-refractivity contribution in [2.45, 2.75) is 57.5 Å². The Kier molecular flexibility index (Phi) is 7.20. The maximum absolute atomic E-state index is 12.9. The summed E-state index contributed by atoms with van der Waals surface area (Å²) >= 11 is 0. The number of fused-ring (bicyclic) bond motifs is 3. The van der Waals surface area contributed by atoms with Gasteiger partial charge in [-0.3, -0.25) is 4.79 Å². The Labute approximate surface area is 200 Å². The first kappa shape index (κ1) is 23.8. The Morgan fingerprint density at radius 3 is 2.29 bits per heavy atom. The third kappa shape index (κ3) is 4.93. The lowest BCUT2D eigenvalue weighted by atomic mass is 9.92. The summed E-state index contributed by atoms with van der Waals surface area (Å²) in [4.78, 5) is 38.6. The van der Waals surface area contributed by atoms with Crippen molar-refractivity contribution >= 4 is 18.0 Å². The highest BCUT2D eigenvalue weighted by Gasteiger charge is 2.35. The number of likely N-dealkylation sites (tertiary alicyclic amines) is 1. The van der Waals surface area contributed by atoms with Crippen LogP contribution in [0.4, 0.5) is 4.79 Å². The minimum atomic E-state index is -0.975. The van der Waals surface area contributed by atoms with Crippen molar-refractivity contribution in [3.63, 3.8) is 0 Å². The van der Waals surface area contributed by atoms with Crippen LogP contribution in [0.15, 0.2) is 48.5 Å². The molecule has 2 aromatic rings. The number of amides is 2. The molecule has 180 valence electrons. The summed E-state index contributed by atoms with van der Waals surface area (Å²) in [7, 11) is 0. The van der Waals surface area contributed by atoms with Gasteiger partial charge < -0.3 is 20.1 Å². The highest BCUT2D eigenvalue weighted by Crippen LogP contribution is 2.44. The number of aliphatic carboxylic acids is 1. The average Bonchev–Trinajstić information content (AvgIpc) is 3.15. The van der Waals surface area contributed by atoms with E-state index in [0.29, 0.717) is 19.4 Å². The van der Waals surface area contributed by atoms with E-state index >= 15 is 0 Å². The SMILES string of the molecule is CC[C@H](CC(=O)N1CCC(C)CC1C(=O)O)NC(=O)OCC1c2ccccc2-c2ccccc21. The highest BCUT2D eigenvalue weighted by molar-refractivity contribution is 5.84. The molecule has 34 heavy (non-hydrogen) atoms. The lowest BCUT2D eigenvalue weighted by Gasteiger charge is -2.36. The minimum Gasteiger partial charge on any atom is -0.480 e. The van der Waals surface area contributed by atoms with Crippen molar-refractivity contribution in [2.75, 3.05) is 13.2 Å². The van der Waals surface area contributed by atoms with Gasteiger partial charge in [-0.15, -0.1) is 0 Å². The number of carboxylic acid groups (broad SMARTS) is 1. The van der Waals surface area contributed by atoms with Crippen LogP contribution >= 0.6 is 0 Å². The largest absolute Gasteiger partial charge is 0.480 e. The molecule has 0 radical (unpaired) electrons. The van der Waals surface area contributed by atoms with E-state index in [2.05, 4.69) is 29.6 Å². The van der Waals surface area contributed by atoms with Crippen molar-refractivity contribution < 1.29 is 24.2 Å². The molecule has 1 fully saturated rings. The summed E-state index contributed by atoms with van der Waals surface area (Å²) in [6, 6.07) is 15.1. The molecule has 2 unspecified atom stereocenters. The molecule has 0 aromatic heterocycles. The number of carbonyl (C=O) groups excluding carboxylic acids is 2. The number of alkyl carbamates (subject to hydrolysis) is 1. The smallest absolute Gasteiger partial charge is 0.407 e. The third-order valence-electron chi connectivity index (χ3n) is 7.05. The van der Waals surface area contributed by atoms with Crippen LogP contribution in [0.1, 0.15) is 56.6 Å². The molecule has 2 aromatic carbocycles. The van der Waals surface area contributed by atoms with Gasteiger partial charge in [-0.1, -0.05) is 62.4 Å². The van der Waals surface area contributed by atoms with Gasteiger partial charge in [-0.05, 0) is 47.4 Å². The topological polar surface area (TPSA) is 95.9 Å². The fourth-order valence-corrected chi connectivity index (χ4v) is 5.11. The molecule has 1 aliphatic heterocycles. The zero-order chi connectivity index (χ0) is 24.2. The third-order valence-corrected chi connectivity index (χ3v) is 7.05. The van der Waals surface area contributed by atoms with Gasteiger partial charge >= 0.3 is 12.1 Å². The predicted molar refractivity (Wildman–Crippen MR) is 128 cm³/mol. The fraction of sp³-hybridized carbons (Fsp3) is 0.444. The fourth-order valence-electron chi connectivity index (χ4n) is 5.11. The molecule has 2 N–H and O–H groups in total. The van der Waals surface area contributed by atoms with E-state index in [0.717, 1.165) is 28.7 Å². The van der Waals surface area contributed by atoms with Gasteiger partial charge in [0.2, 0.25) is 5.91 Å². The second kappa shape index (κ2) is 10.3. The van der Waals surface area contributed by atoms with Crippen LogP contribution in [0, 0.1) is 5.92 Å².